The van der Waals surface area contributed by atoms with Crippen LogP contribution in [-0.4, -0.2) is 89.7 Å². The topological polar surface area (TPSA) is 137 Å². The average molecular weight is 572 g/mol. The van der Waals surface area contributed by atoms with Gasteiger partial charge in [-0.3, -0.25) is 14.4 Å². The lowest BCUT2D eigenvalue weighted by atomic mass is 9.93. The lowest BCUT2D eigenvalue weighted by Gasteiger charge is -2.29. The second kappa shape index (κ2) is 14.0. The van der Waals surface area contributed by atoms with Gasteiger partial charge in [0, 0.05) is 37.5 Å². The van der Waals surface area contributed by atoms with Crippen LogP contribution < -0.4 is 15.4 Å². The molecule has 3 atom stereocenters. The van der Waals surface area contributed by atoms with Crippen LogP contribution in [-0.2, 0) is 21.6 Å². The molecule has 1 aromatic heterocycles. The Balaban J connectivity index is 1.73. The van der Waals surface area contributed by atoms with Crippen molar-refractivity contribution in [2.45, 2.75) is 77.7 Å². The van der Waals surface area contributed by atoms with Crippen molar-refractivity contribution in [3.8, 4) is 5.75 Å². The van der Waals surface area contributed by atoms with E-state index >= 15 is 0 Å². The molecule has 0 saturated carbocycles. The minimum atomic E-state index is -0.886. The van der Waals surface area contributed by atoms with Crippen molar-refractivity contribution >= 4 is 17.7 Å². The monoisotopic (exact) mass is 571 g/mol. The van der Waals surface area contributed by atoms with Crippen LogP contribution in [0, 0.1) is 5.92 Å². The zero-order valence-corrected chi connectivity index (χ0v) is 25.3. The highest BCUT2D eigenvalue weighted by molar-refractivity contribution is 6.00. The van der Waals surface area contributed by atoms with Crippen molar-refractivity contribution in [3.05, 3.63) is 47.3 Å². The van der Waals surface area contributed by atoms with Crippen molar-refractivity contribution in [1.82, 2.24) is 25.6 Å². The van der Waals surface area contributed by atoms with Gasteiger partial charge in [-0.2, -0.15) is 0 Å². The molecule has 2 heterocycles. The molecular weight excluding hydrogens is 526 g/mol. The van der Waals surface area contributed by atoms with E-state index in [-0.39, 0.29) is 42.4 Å². The molecule has 0 aliphatic carbocycles. The first-order valence-corrected chi connectivity index (χ1v) is 14.2. The number of ether oxygens (including phenoxy) is 1. The van der Waals surface area contributed by atoms with Gasteiger partial charge < -0.3 is 34.8 Å². The SMILES string of the molecule is CC(C)C[C@@H](NC(=O)c1ccccc1OCc1cc(C(C)(C)C)on1)C(=O)N1C[C@@H](O)C[C@@H]1C(=O)NCCN(C)C. The van der Waals surface area contributed by atoms with Crippen molar-refractivity contribution in [2.24, 2.45) is 5.92 Å². The van der Waals surface area contributed by atoms with Crippen LogP contribution in [0.5, 0.6) is 5.75 Å². The van der Waals surface area contributed by atoms with E-state index in [9.17, 15) is 19.5 Å². The Hall–Kier alpha value is -3.44. The maximum absolute atomic E-state index is 13.7. The molecule has 0 bridgehead atoms. The summed E-state index contributed by atoms with van der Waals surface area (Å²) in [6.07, 6.45) is -0.301. The molecule has 11 nitrogen and oxygen atoms in total. The highest BCUT2D eigenvalue weighted by atomic mass is 16.5. The summed E-state index contributed by atoms with van der Waals surface area (Å²) in [6.45, 7) is 11.2. The van der Waals surface area contributed by atoms with Crippen molar-refractivity contribution in [3.63, 3.8) is 0 Å². The fourth-order valence-corrected chi connectivity index (χ4v) is 4.62. The van der Waals surface area contributed by atoms with Crippen LogP contribution in [0.25, 0.3) is 0 Å². The van der Waals surface area contributed by atoms with Gasteiger partial charge in [0.05, 0.1) is 11.7 Å². The molecular formula is C30H45N5O6. The number of amides is 3. The number of carbonyl (C=O) groups excluding carboxylic acids is 3. The lowest BCUT2D eigenvalue weighted by Crippen LogP contribution is -2.54. The highest BCUT2D eigenvalue weighted by Gasteiger charge is 2.41. The smallest absolute Gasteiger partial charge is 0.255 e. The number of aliphatic hydroxyl groups is 1. The molecule has 3 N–H and O–H groups in total. The number of aliphatic hydroxyl groups excluding tert-OH is 1. The van der Waals surface area contributed by atoms with E-state index in [1.54, 1.807) is 24.3 Å². The normalized spacial score (nSPS) is 18.0. The molecule has 0 radical (unpaired) electrons. The van der Waals surface area contributed by atoms with E-state index in [2.05, 4.69) is 15.8 Å². The first-order valence-electron chi connectivity index (χ1n) is 14.2. The van der Waals surface area contributed by atoms with Gasteiger partial charge in [0.15, 0.2) is 0 Å². The summed E-state index contributed by atoms with van der Waals surface area (Å²) < 4.78 is 11.4. The van der Waals surface area contributed by atoms with Crippen LogP contribution in [0.2, 0.25) is 0 Å². The molecule has 3 rings (SSSR count). The fraction of sp³-hybridized carbons (Fsp3) is 0.600. The number of nitrogens with one attached hydrogen (secondary N) is 2. The summed E-state index contributed by atoms with van der Waals surface area (Å²) in [4.78, 5) is 43.5. The van der Waals surface area contributed by atoms with Crippen LogP contribution in [0.15, 0.2) is 34.9 Å². The quantitative estimate of drug-likeness (QED) is 0.353. The number of β-amino-alcohol motifs (C(OH)–C–C–N with tert-alkyl or cyclic N) is 1. The number of aromatic nitrogens is 1. The predicted molar refractivity (Wildman–Crippen MR) is 154 cm³/mol. The summed E-state index contributed by atoms with van der Waals surface area (Å²) in [5.41, 5.74) is 0.673. The first-order chi connectivity index (χ1) is 19.3. The van der Waals surface area contributed by atoms with Crippen LogP contribution >= 0.6 is 0 Å². The van der Waals surface area contributed by atoms with Gasteiger partial charge in [-0.15, -0.1) is 0 Å². The minimum absolute atomic E-state index is 0.0308. The largest absolute Gasteiger partial charge is 0.486 e. The minimum Gasteiger partial charge on any atom is -0.486 e. The van der Waals surface area contributed by atoms with E-state index in [1.165, 1.54) is 4.90 Å². The Bertz CT molecular complexity index is 1190. The maximum atomic E-state index is 13.7. The number of para-hydroxylation sites is 1. The standard InChI is InChI=1S/C30H45N5O6/c1-19(2)14-23(29(39)35-17-21(36)16-24(35)28(38)31-12-13-34(6)7)32-27(37)22-10-8-9-11-25(22)40-18-20-15-26(41-33-20)30(3,4)5/h8-11,15,19,21,23-24,36H,12-14,16-18H2,1-7H3,(H,31,38)(H,32,37)/t21-,23+,24+/m0/s1. The number of carbonyl (C=O) groups is 3. The van der Waals surface area contributed by atoms with Gasteiger partial charge >= 0.3 is 0 Å². The summed E-state index contributed by atoms with van der Waals surface area (Å²) in [7, 11) is 3.81. The summed E-state index contributed by atoms with van der Waals surface area (Å²) >= 11 is 0. The van der Waals surface area contributed by atoms with Crippen molar-refractivity contribution in [2.75, 3.05) is 33.7 Å². The molecule has 41 heavy (non-hydrogen) atoms. The first kappa shape index (κ1) is 32.1. The van der Waals surface area contributed by atoms with E-state index < -0.39 is 30.0 Å². The maximum Gasteiger partial charge on any atom is 0.255 e. The van der Waals surface area contributed by atoms with E-state index in [1.807, 2.05) is 59.7 Å². The number of nitrogens with zero attached hydrogens (tertiary/aromatic N) is 3. The molecule has 1 aromatic carbocycles. The molecule has 1 aliphatic heterocycles. The molecule has 0 spiro atoms. The average Bonchev–Trinajstić information content (AvgIpc) is 3.53. The van der Waals surface area contributed by atoms with Gasteiger partial charge in [0.2, 0.25) is 11.8 Å². The Kier molecular flexibility index (Phi) is 10.9. The number of hydrogen-bond donors (Lipinski definition) is 3. The van der Waals surface area contributed by atoms with Crippen LogP contribution in [0.1, 0.15) is 69.3 Å². The molecule has 1 saturated heterocycles. The Morgan fingerprint density at radius 2 is 1.93 bits per heavy atom. The Morgan fingerprint density at radius 3 is 2.56 bits per heavy atom. The lowest BCUT2D eigenvalue weighted by molar-refractivity contribution is -0.140. The van der Waals surface area contributed by atoms with Gasteiger partial charge in [-0.05, 0) is 38.6 Å². The number of rotatable bonds is 12. The van der Waals surface area contributed by atoms with E-state index in [4.69, 9.17) is 9.26 Å². The molecule has 11 heteroatoms. The zero-order valence-electron chi connectivity index (χ0n) is 25.3. The number of benzene rings is 1. The van der Waals surface area contributed by atoms with E-state index in [0.717, 1.165) is 5.76 Å². The number of likely N-dealkylation sites (N-methyl/N-ethyl adjacent to an activating group) is 1. The van der Waals surface area contributed by atoms with E-state index in [0.29, 0.717) is 31.0 Å². The van der Waals surface area contributed by atoms with Gasteiger partial charge in [-0.1, -0.05) is 51.9 Å². The van der Waals surface area contributed by atoms with Gasteiger partial charge in [-0.25, -0.2) is 0 Å². The molecule has 226 valence electrons. The summed E-state index contributed by atoms with van der Waals surface area (Å²) in [6, 6.07) is 6.94. The molecule has 2 aromatic rings. The third-order valence-electron chi connectivity index (χ3n) is 6.84. The number of hydrogen-bond acceptors (Lipinski definition) is 8. The third-order valence-corrected chi connectivity index (χ3v) is 6.84. The second-order valence-corrected chi connectivity index (χ2v) is 12.4. The summed E-state index contributed by atoms with van der Waals surface area (Å²) in [5.74, 6) is -0.0222. The Morgan fingerprint density at radius 1 is 1.22 bits per heavy atom. The number of likely N-dealkylation sites (tertiary alicyclic amines) is 1. The highest BCUT2D eigenvalue weighted by Crippen LogP contribution is 2.25. The molecule has 1 fully saturated rings. The van der Waals surface area contributed by atoms with Crippen molar-refractivity contribution in [1.29, 1.82) is 0 Å². The van der Waals surface area contributed by atoms with Crippen LogP contribution in [0.3, 0.4) is 0 Å². The van der Waals surface area contributed by atoms with Crippen LogP contribution in [0.4, 0.5) is 0 Å². The van der Waals surface area contributed by atoms with Gasteiger partial charge in [0.25, 0.3) is 5.91 Å². The predicted octanol–water partition coefficient (Wildman–Crippen LogP) is 2.34. The Labute approximate surface area is 242 Å². The molecule has 0 unspecified atom stereocenters. The third kappa shape index (κ3) is 9.02. The molecule has 1 aliphatic rings. The molecule has 3 amide bonds. The zero-order chi connectivity index (χ0) is 30.3. The second-order valence-electron chi connectivity index (χ2n) is 12.4. The van der Waals surface area contributed by atoms with Crippen molar-refractivity contribution < 1.29 is 28.8 Å². The fourth-order valence-electron chi connectivity index (χ4n) is 4.62. The summed E-state index contributed by atoms with van der Waals surface area (Å²) in [5, 5.41) is 20.1. The van der Waals surface area contributed by atoms with Gasteiger partial charge in [0.1, 0.15) is 35.9 Å².